The highest BCUT2D eigenvalue weighted by Crippen LogP contribution is 2.35. The Morgan fingerprint density at radius 3 is 2.50 bits per heavy atom. The second-order valence-electron chi connectivity index (χ2n) is 3.09. The van der Waals surface area contributed by atoms with E-state index in [0.29, 0.717) is 0 Å². The molecule has 0 aliphatic heterocycles. The lowest BCUT2D eigenvalue weighted by molar-refractivity contribution is -0.306. The maximum absolute atomic E-state index is 12.4. The molecule has 0 radical (unpaired) electrons. The number of nitrogens with zero attached hydrogens (tertiary/aromatic N) is 2. The van der Waals surface area contributed by atoms with Gasteiger partial charge >= 0.3 is 6.18 Å². The first-order valence-electron chi connectivity index (χ1n) is 4.23. The summed E-state index contributed by atoms with van der Waals surface area (Å²) in [6, 6.07) is 0. The van der Waals surface area contributed by atoms with Gasteiger partial charge in [-0.15, -0.1) is 0 Å². The number of hydrogen-bond acceptors (Lipinski definition) is 3. The van der Waals surface area contributed by atoms with Crippen molar-refractivity contribution in [3.63, 3.8) is 0 Å². The molecule has 0 saturated carbocycles. The first kappa shape index (κ1) is 12.8. The van der Waals surface area contributed by atoms with Crippen LogP contribution in [0.3, 0.4) is 0 Å². The second kappa shape index (κ2) is 4.32. The highest BCUT2D eigenvalue weighted by molar-refractivity contribution is 6.31. The normalized spacial score (nSPS) is 11.8. The summed E-state index contributed by atoms with van der Waals surface area (Å²) >= 11 is 5.45. The Balaban J connectivity index is 3.01. The van der Waals surface area contributed by atoms with Crippen LogP contribution >= 0.6 is 11.6 Å². The van der Waals surface area contributed by atoms with E-state index in [4.69, 9.17) is 11.6 Å². The molecule has 0 aliphatic carbocycles. The molecule has 0 saturated heterocycles. The number of hydrogen-bond donors (Lipinski definition) is 0. The summed E-state index contributed by atoms with van der Waals surface area (Å²) in [6.45, 7) is 1.13. The smallest absolute Gasteiger partial charge is 0.436 e. The van der Waals surface area contributed by atoms with Gasteiger partial charge in [-0.3, -0.25) is 4.68 Å². The molecule has 8 heteroatoms. The van der Waals surface area contributed by atoms with Crippen LogP contribution in [0.2, 0.25) is 5.02 Å². The van der Waals surface area contributed by atoms with E-state index in [1.807, 2.05) is 0 Å². The lowest BCUT2D eigenvalue weighted by Gasteiger charge is -2.04. The van der Waals surface area contributed by atoms with Crippen molar-refractivity contribution in [1.29, 1.82) is 0 Å². The van der Waals surface area contributed by atoms with Crippen LogP contribution in [0.4, 0.5) is 13.2 Å². The number of aryl methyl sites for hydroxylation is 1. The van der Waals surface area contributed by atoms with Gasteiger partial charge in [-0.2, -0.15) is 18.3 Å². The van der Waals surface area contributed by atoms with Crippen LogP contribution in [0.5, 0.6) is 0 Å². The second-order valence-corrected chi connectivity index (χ2v) is 3.47. The summed E-state index contributed by atoms with van der Waals surface area (Å²) in [4.78, 5) is 10.2. The quantitative estimate of drug-likeness (QED) is 0.810. The number of aliphatic carboxylic acids is 1. The van der Waals surface area contributed by atoms with Crippen molar-refractivity contribution in [2.24, 2.45) is 0 Å². The molecule has 0 atom stereocenters. The summed E-state index contributed by atoms with van der Waals surface area (Å²) in [5.41, 5.74) is -1.12. The number of carboxylic acids is 1. The van der Waals surface area contributed by atoms with Gasteiger partial charge in [0.25, 0.3) is 0 Å². The Morgan fingerprint density at radius 2 is 2.12 bits per heavy atom. The third kappa shape index (κ3) is 2.66. The number of carboxylic acid groups (broad SMARTS) is 1. The fraction of sp³-hybridized carbons (Fsp3) is 0.500. The van der Waals surface area contributed by atoms with Gasteiger partial charge in [-0.05, 0) is 6.92 Å². The molecular weight excluding hydrogens is 249 g/mol. The third-order valence-corrected chi connectivity index (χ3v) is 2.38. The summed E-state index contributed by atoms with van der Waals surface area (Å²) in [5.74, 6) is -1.36. The van der Waals surface area contributed by atoms with Crippen molar-refractivity contribution in [3.8, 4) is 0 Å². The maximum atomic E-state index is 12.4. The van der Waals surface area contributed by atoms with Crippen LogP contribution in [0, 0.1) is 6.92 Å². The standard InChI is InChI=1S/C8H8ClF3N2O2/c1-4-6(9)7(8(10,11)12)13-14(4)3-2-5(15)16/h2-3H2,1H3,(H,15,16)/p-1. The first-order valence-corrected chi connectivity index (χ1v) is 4.61. The van der Waals surface area contributed by atoms with Crippen molar-refractivity contribution in [2.75, 3.05) is 0 Å². The lowest BCUT2D eigenvalue weighted by Crippen LogP contribution is -2.24. The molecule has 0 bridgehead atoms. The van der Waals surface area contributed by atoms with Crippen molar-refractivity contribution in [2.45, 2.75) is 26.1 Å². The van der Waals surface area contributed by atoms with Gasteiger partial charge in [0.1, 0.15) is 0 Å². The number of carbonyl (C=O) groups is 1. The highest BCUT2D eigenvalue weighted by atomic mass is 35.5. The topological polar surface area (TPSA) is 58.0 Å². The van der Waals surface area contributed by atoms with Crippen molar-refractivity contribution in [3.05, 3.63) is 16.4 Å². The van der Waals surface area contributed by atoms with Crippen LogP contribution in [0.25, 0.3) is 0 Å². The Morgan fingerprint density at radius 1 is 1.56 bits per heavy atom. The van der Waals surface area contributed by atoms with Crippen molar-refractivity contribution in [1.82, 2.24) is 9.78 Å². The zero-order valence-corrected chi connectivity index (χ0v) is 8.89. The number of carbonyl (C=O) groups excluding carboxylic acids is 1. The summed E-state index contributed by atoms with van der Waals surface area (Å²) in [6.07, 6.45) is -5.06. The van der Waals surface area contributed by atoms with E-state index in [-0.39, 0.29) is 12.2 Å². The maximum Gasteiger partial charge on any atom is 0.436 e. The first-order chi connectivity index (χ1) is 7.23. The third-order valence-electron chi connectivity index (χ3n) is 1.93. The van der Waals surface area contributed by atoms with E-state index in [9.17, 15) is 23.1 Å². The Labute approximate surface area is 93.6 Å². The molecule has 0 amide bonds. The minimum absolute atomic E-state index is 0.0789. The zero-order chi connectivity index (χ0) is 12.5. The van der Waals surface area contributed by atoms with Crippen LogP contribution in [-0.2, 0) is 17.5 Å². The van der Waals surface area contributed by atoms with Gasteiger partial charge in [0.05, 0.1) is 10.7 Å². The Bertz CT molecular complexity index is 414. The average Bonchev–Trinajstić information content (AvgIpc) is 2.40. The van der Waals surface area contributed by atoms with E-state index in [1.54, 1.807) is 0 Å². The molecule has 0 aliphatic rings. The van der Waals surface area contributed by atoms with Gasteiger partial charge in [0.2, 0.25) is 0 Å². The molecule has 0 N–H and O–H groups in total. The zero-order valence-electron chi connectivity index (χ0n) is 8.14. The van der Waals surface area contributed by atoms with E-state index in [0.717, 1.165) is 4.68 Å². The predicted molar refractivity (Wildman–Crippen MR) is 46.6 cm³/mol. The Kier molecular flexibility index (Phi) is 3.47. The minimum atomic E-state index is -4.64. The van der Waals surface area contributed by atoms with Gasteiger partial charge in [-0.1, -0.05) is 11.6 Å². The molecule has 16 heavy (non-hydrogen) atoms. The van der Waals surface area contributed by atoms with Crippen LogP contribution < -0.4 is 5.11 Å². The van der Waals surface area contributed by atoms with Gasteiger partial charge in [-0.25, -0.2) is 0 Å². The van der Waals surface area contributed by atoms with E-state index < -0.39 is 29.3 Å². The molecule has 0 unspecified atom stereocenters. The molecule has 0 aromatic carbocycles. The number of aromatic nitrogens is 2. The van der Waals surface area contributed by atoms with Crippen molar-refractivity contribution >= 4 is 17.6 Å². The molecule has 4 nitrogen and oxygen atoms in total. The van der Waals surface area contributed by atoms with Gasteiger partial charge in [0.15, 0.2) is 5.69 Å². The fourth-order valence-corrected chi connectivity index (χ4v) is 1.36. The fourth-order valence-electron chi connectivity index (χ4n) is 1.12. The molecule has 1 aromatic rings. The lowest BCUT2D eigenvalue weighted by atomic mass is 10.3. The van der Waals surface area contributed by atoms with Gasteiger partial charge in [0, 0.05) is 18.9 Å². The summed E-state index contributed by atoms with van der Waals surface area (Å²) in [7, 11) is 0. The molecule has 0 fully saturated rings. The number of alkyl halides is 3. The summed E-state index contributed by atoms with van der Waals surface area (Å²) < 4.78 is 38.0. The number of halogens is 4. The highest BCUT2D eigenvalue weighted by Gasteiger charge is 2.38. The molecule has 90 valence electrons. The molecule has 1 rings (SSSR count). The Hall–Kier alpha value is -1.24. The van der Waals surface area contributed by atoms with Crippen LogP contribution in [0.1, 0.15) is 17.8 Å². The molecular formula is C8H7ClF3N2O2-. The van der Waals surface area contributed by atoms with Crippen molar-refractivity contribution < 1.29 is 23.1 Å². The van der Waals surface area contributed by atoms with Crippen LogP contribution in [-0.4, -0.2) is 15.7 Å². The molecule has 0 spiro atoms. The minimum Gasteiger partial charge on any atom is -0.550 e. The predicted octanol–water partition coefficient (Wildman–Crippen LogP) is 1.00. The molecule has 1 heterocycles. The molecule has 1 aromatic heterocycles. The largest absolute Gasteiger partial charge is 0.550 e. The number of rotatable bonds is 3. The van der Waals surface area contributed by atoms with E-state index in [1.165, 1.54) is 6.92 Å². The van der Waals surface area contributed by atoms with E-state index >= 15 is 0 Å². The monoisotopic (exact) mass is 255 g/mol. The van der Waals surface area contributed by atoms with E-state index in [2.05, 4.69) is 5.10 Å². The SMILES string of the molecule is Cc1c(Cl)c(C(F)(F)F)nn1CCC(=O)[O-]. The summed E-state index contributed by atoms with van der Waals surface area (Å²) in [5, 5.41) is 12.9. The van der Waals surface area contributed by atoms with Gasteiger partial charge < -0.3 is 9.90 Å². The van der Waals surface area contributed by atoms with Crippen LogP contribution in [0.15, 0.2) is 0 Å². The average molecular weight is 256 g/mol.